The van der Waals surface area contributed by atoms with Crippen LogP contribution in [-0.2, 0) is 4.79 Å². The molecule has 122 valence electrons. The lowest BCUT2D eigenvalue weighted by molar-refractivity contribution is -0.137. The molecule has 2 N–H and O–H groups in total. The molecule has 1 amide bonds. The molecular weight excluding hydrogens is 318 g/mol. The van der Waals surface area contributed by atoms with Crippen LogP contribution in [0.3, 0.4) is 0 Å². The number of aromatic nitrogens is 2. The number of amides is 1. The van der Waals surface area contributed by atoms with E-state index < -0.39 is 11.5 Å². The molecule has 0 bridgehead atoms. The first-order chi connectivity index (χ1) is 10.8. The van der Waals surface area contributed by atoms with Gasteiger partial charge in [0.1, 0.15) is 0 Å². The van der Waals surface area contributed by atoms with Crippen LogP contribution < -0.4 is 5.32 Å². The van der Waals surface area contributed by atoms with Crippen LogP contribution in [0.4, 0.5) is 0 Å². The van der Waals surface area contributed by atoms with Crippen molar-refractivity contribution in [3.05, 3.63) is 47.2 Å². The van der Waals surface area contributed by atoms with Crippen molar-refractivity contribution < 1.29 is 14.7 Å². The van der Waals surface area contributed by atoms with E-state index in [1.807, 2.05) is 0 Å². The van der Waals surface area contributed by atoms with Crippen molar-refractivity contribution in [1.82, 2.24) is 15.1 Å². The van der Waals surface area contributed by atoms with E-state index in [0.717, 1.165) is 5.69 Å². The number of nitrogens with one attached hydrogen (secondary N) is 1. The lowest BCUT2D eigenvalue weighted by Gasteiger charge is -2.25. The van der Waals surface area contributed by atoms with Crippen LogP contribution in [0.5, 0.6) is 0 Å². The van der Waals surface area contributed by atoms with Gasteiger partial charge in [0.05, 0.1) is 17.4 Å². The first-order valence-electron chi connectivity index (χ1n) is 7.12. The van der Waals surface area contributed by atoms with E-state index in [1.165, 1.54) is 6.20 Å². The van der Waals surface area contributed by atoms with E-state index >= 15 is 0 Å². The first kappa shape index (κ1) is 17.0. The van der Waals surface area contributed by atoms with E-state index in [9.17, 15) is 9.59 Å². The molecule has 0 radical (unpaired) electrons. The predicted octanol–water partition coefficient (Wildman–Crippen LogP) is 2.90. The van der Waals surface area contributed by atoms with Gasteiger partial charge in [-0.25, -0.2) is 4.68 Å². The number of hydrogen-bond acceptors (Lipinski definition) is 3. The Balaban J connectivity index is 2.06. The predicted molar refractivity (Wildman–Crippen MR) is 87.0 cm³/mol. The van der Waals surface area contributed by atoms with E-state index in [0.29, 0.717) is 17.0 Å². The summed E-state index contributed by atoms with van der Waals surface area (Å²) in [5.41, 5.74) is 0.583. The summed E-state index contributed by atoms with van der Waals surface area (Å²) in [7, 11) is 0. The van der Waals surface area contributed by atoms with Gasteiger partial charge in [-0.15, -0.1) is 0 Å². The third-order valence-corrected chi connectivity index (χ3v) is 3.60. The maximum Gasteiger partial charge on any atom is 0.303 e. The molecule has 1 aromatic heterocycles. The molecule has 2 rings (SSSR count). The Morgan fingerprint density at radius 3 is 2.57 bits per heavy atom. The van der Waals surface area contributed by atoms with Crippen molar-refractivity contribution in [2.24, 2.45) is 0 Å². The molecule has 0 aliphatic carbocycles. The largest absolute Gasteiger partial charge is 0.481 e. The first-order valence-corrected chi connectivity index (χ1v) is 7.49. The Morgan fingerprint density at radius 2 is 1.96 bits per heavy atom. The summed E-state index contributed by atoms with van der Waals surface area (Å²) in [6.07, 6.45) is 3.43. The van der Waals surface area contributed by atoms with E-state index in [4.69, 9.17) is 16.7 Å². The van der Waals surface area contributed by atoms with E-state index in [1.54, 1.807) is 49.0 Å². The minimum absolute atomic E-state index is 0.00266. The Bertz CT molecular complexity index is 708. The third-order valence-electron chi connectivity index (χ3n) is 3.35. The van der Waals surface area contributed by atoms with Crippen LogP contribution in [0, 0.1) is 0 Å². The van der Waals surface area contributed by atoms with Gasteiger partial charge >= 0.3 is 5.97 Å². The van der Waals surface area contributed by atoms with Crippen LogP contribution in [0.25, 0.3) is 5.69 Å². The van der Waals surface area contributed by atoms with Crippen molar-refractivity contribution in [1.29, 1.82) is 0 Å². The Kier molecular flexibility index (Phi) is 5.05. The number of rotatable bonds is 6. The van der Waals surface area contributed by atoms with Crippen LogP contribution in [0.2, 0.25) is 5.02 Å². The number of carbonyl (C=O) groups excluding carboxylic acids is 1. The molecule has 0 aliphatic heterocycles. The SMILES string of the molecule is CC(C)(CCC(=O)O)NC(=O)c1cnn(-c2ccc(Cl)cc2)c1. The number of aliphatic carboxylic acids is 1. The Labute approximate surface area is 139 Å². The summed E-state index contributed by atoms with van der Waals surface area (Å²) in [5.74, 6) is -1.18. The highest BCUT2D eigenvalue weighted by Crippen LogP contribution is 2.15. The fourth-order valence-corrected chi connectivity index (χ4v) is 2.16. The molecular formula is C16H18ClN3O3. The van der Waals surface area contributed by atoms with Crippen molar-refractivity contribution >= 4 is 23.5 Å². The second-order valence-electron chi connectivity index (χ2n) is 5.88. The van der Waals surface area contributed by atoms with Crippen LogP contribution in [-0.4, -0.2) is 32.3 Å². The number of hydrogen-bond donors (Lipinski definition) is 2. The average molecular weight is 336 g/mol. The van der Waals surface area contributed by atoms with Gasteiger partial charge in [-0.05, 0) is 44.5 Å². The summed E-state index contributed by atoms with van der Waals surface area (Å²) in [6, 6.07) is 7.09. The lowest BCUT2D eigenvalue weighted by atomic mass is 9.98. The molecule has 1 heterocycles. The molecule has 0 unspecified atom stereocenters. The third kappa shape index (κ3) is 4.82. The van der Waals surface area contributed by atoms with Gasteiger partial charge < -0.3 is 10.4 Å². The number of carbonyl (C=O) groups is 2. The highest BCUT2D eigenvalue weighted by molar-refractivity contribution is 6.30. The molecule has 0 atom stereocenters. The van der Waals surface area contributed by atoms with Gasteiger partial charge in [-0.2, -0.15) is 5.10 Å². The fourth-order valence-electron chi connectivity index (χ4n) is 2.04. The van der Waals surface area contributed by atoms with Gasteiger partial charge in [-0.1, -0.05) is 11.6 Å². The standard InChI is InChI=1S/C16H18ClN3O3/c1-16(2,8-7-14(21)22)19-15(23)11-9-18-20(10-11)13-5-3-12(17)4-6-13/h3-6,9-10H,7-8H2,1-2H3,(H,19,23)(H,21,22). The minimum atomic E-state index is -0.886. The number of nitrogens with zero attached hydrogens (tertiary/aromatic N) is 2. The molecule has 0 fully saturated rings. The van der Waals surface area contributed by atoms with Gasteiger partial charge in [-0.3, -0.25) is 9.59 Å². The highest BCUT2D eigenvalue weighted by atomic mass is 35.5. The molecule has 1 aromatic carbocycles. The summed E-state index contributed by atoms with van der Waals surface area (Å²) in [4.78, 5) is 22.9. The molecule has 0 spiro atoms. The number of halogens is 1. The molecule has 0 saturated heterocycles. The second-order valence-corrected chi connectivity index (χ2v) is 6.32. The monoisotopic (exact) mass is 335 g/mol. The summed E-state index contributed by atoms with van der Waals surface area (Å²) in [6.45, 7) is 3.58. The maximum atomic E-state index is 12.3. The van der Waals surface area contributed by atoms with Crippen molar-refractivity contribution in [2.75, 3.05) is 0 Å². The zero-order chi connectivity index (χ0) is 17.0. The number of benzene rings is 1. The highest BCUT2D eigenvalue weighted by Gasteiger charge is 2.23. The molecule has 6 nitrogen and oxygen atoms in total. The fraction of sp³-hybridized carbons (Fsp3) is 0.312. The van der Waals surface area contributed by atoms with Gasteiger partial charge in [0, 0.05) is 23.2 Å². The Hall–Kier alpha value is -2.34. The van der Waals surface area contributed by atoms with E-state index in [2.05, 4.69) is 10.4 Å². The van der Waals surface area contributed by atoms with E-state index in [-0.39, 0.29) is 12.3 Å². The summed E-state index contributed by atoms with van der Waals surface area (Å²) < 4.78 is 1.58. The molecule has 2 aromatic rings. The summed E-state index contributed by atoms with van der Waals surface area (Å²) >= 11 is 5.84. The van der Waals surface area contributed by atoms with Gasteiger partial charge in [0.2, 0.25) is 0 Å². The quantitative estimate of drug-likeness (QED) is 0.850. The Morgan fingerprint density at radius 1 is 1.30 bits per heavy atom. The smallest absolute Gasteiger partial charge is 0.303 e. The number of carboxylic acids is 1. The maximum absolute atomic E-state index is 12.3. The van der Waals surface area contributed by atoms with Gasteiger partial charge in [0.15, 0.2) is 0 Å². The zero-order valence-electron chi connectivity index (χ0n) is 12.9. The van der Waals surface area contributed by atoms with Crippen molar-refractivity contribution in [2.45, 2.75) is 32.2 Å². The zero-order valence-corrected chi connectivity index (χ0v) is 13.7. The van der Waals surface area contributed by atoms with Crippen molar-refractivity contribution in [3.63, 3.8) is 0 Å². The van der Waals surface area contributed by atoms with Crippen LogP contribution >= 0.6 is 11.6 Å². The average Bonchev–Trinajstić information content (AvgIpc) is 2.95. The molecule has 0 saturated carbocycles. The number of carboxylic acid groups (broad SMARTS) is 1. The second kappa shape index (κ2) is 6.83. The van der Waals surface area contributed by atoms with Crippen LogP contribution in [0.1, 0.15) is 37.0 Å². The minimum Gasteiger partial charge on any atom is -0.481 e. The molecule has 7 heteroatoms. The summed E-state index contributed by atoms with van der Waals surface area (Å²) in [5, 5.41) is 16.4. The topological polar surface area (TPSA) is 84.2 Å². The van der Waals surface area contributed by atoms with Crippen LogP contribution in [0.15, 0.2) is 36.7 Å². The normalized spacial score (nSPS) is 11.3. The van der Waals surface area contributed by atoms with Crippen molar-refractivity contribution in [3.8, 4) is 5.69 Å². The lowest BCUT2D eigenvalue weighted by Crippen LogP contribution is -2.43. The molecule has 23 heavy (non-hydrogen) atoms. The molecule has 0 aliphatic rings. The van der Waals surface area contributed by atoms with Gasteiger partial charge in [0.25, 0.3) is 5.91 Å².